The fraction of sp³-hybridized carbons (Fsp3) is 0.481. The minimum absolute atomic E-state index is 0.378. The molecule has 0 N–H and O–H groups in total. The zero-order chi connectivity index (χ0) is 19.5. The van der Waals surface area contributed by atoms with Crippen LogP contribution in [0.4, 0.5) is 0 Å². The molecule has 0 spiro atoms. The second-order valence-corrected chi connectivity index (χ2v) is 9.05. The molecule has 0 amide bonds. The Morgan fingerprint density at radius 3 is 2.29 bits per heavy atom. The molecular weight excluding hydrogens is 340 g/mol. The van der Waals surface area contributed by atoms with Crippen LogP contribution in [0.2, 0.25) is 0 Å². The van der Waals surface area contributed by atoms with E-state index in [0.717, 1.165) is 12.3 Å². The van der Waals surface area contributed by atoms with E-state index in [0.29, 0.717) is 17.4 Å². The first-order chi connectivity index (χ1) is 13.7. The summed E-state index contributed by atoms with van der Waals surface area (Å²) >= 11 is 0. The number of unbranched alkanes of at least 4 members (excludes halogenated alkanes) is 2. The molecule has 3 atom stereocenters. The third kappa shape index (κ3) is 3.64. The summed E-state index contributed by atoms with van der Waals surface area (Å²) in [6.07, 6.45) is 11.5. The molecule has 1 fully saturated rings. The van der Waals surface area contributed by atoms with Gasteiger partial charge >= 0.3 is 0 Å². The summed E-state index contributed by atoms with van der Waals surface area (Å²) in [5, 5.41) is 0. The highest BCUT2D eigenvalue weighted by atomic mass is 16.5. The van der Waals surface area contributed by atoms with Gasteiger partial charge in [0.1, 0.15) is 6.61 Å². The molecule has 0 aliphatic heterocycles. The van der Waals surface area contributed by atoms with Crippen LogP contribution in [-0.4, -0.2) is 0 Å². The van der Waals surface area contributed by atoms with Crippen LogP contribution in [0.15, 0.2) is 72.5 Å². The van der Waals surface area contributed by atoms with Crippen LogP contribution in [0, 0.1) is 16.7 Å². The number of ether oxygens (including phenoxy) is 1. The fourth-order valence-electron chi connectivity index (χ4n) is 5.72. The molecular formula is C27H34O. The van der Waals surface area contributed by atoms with Gasteiger partial charge in [-0.1, -0.05) is 93.8 Å². The molecule has 1 heteroatoms. The maximum absolute atomic E-state index is 6.26. The lowest BCUT2D eigenvalue weighted by Gasteiger charge is -2.14. The number of allylic oxidation sites excluding steroid dienone is 2. The predicted molar refractivity (Wildman–Crippen MR) is 117 cm³/mol. The predicted octanol–water partition coefficient (Wildman–Crippen LogP) is 7.33. The van der Waals surface area contributed by atoms with Gasteiger partial charge in [0.05, 0.1) is 5.76 Å². The van der Waals surface area contributed by atoms with E-state index in [9.17, 15) is 0 Å². The van der Waals surface area contributed by atoms with E-state index in [-0.39, 0.29) is 0 Å². The number of aryl methyl sites for hydroxylation is 1. The summed E-state index contributed by atoms with van der Waals surface area (Å²) in [7, 11) is 0. The number of rotatable bonds is 10. The van der Waals surface area contributed by atoms with Crippen molar-refractivity contribution in [3.05, 3.63) is 83.6 Å². The zero-order valence-corrected chi connectivity index (χ0v) is 17.5. The van der Waals surface area contributed by atoms with Crippen molar-refractivity contribution in [2.75, 3.05) is 0 Å². The summed E-state index contributed by atoms with van der Waals surface area (Å²) in [6, 6.07) is 21.5. The molecule has 2 aromatic carbocycles. The van der Waals surface area contributed by atoms with Crippen LogP contribution in [0.5, 0.6) is 0 Å². The SMILES string of the molecule is CCCCC[C@@]12C=C(OCc3ccccc3)C[C@]1(C)[C@H]2CCc1ccccc1. The van der Waals surface area contributed by atoms with Gasteiger partial charge in [-0.3, -0.25) is 0 Å². The number of fused-ring (bicyclic) bond motifs is 1. The molecule has 1 nitrogen and oxygen atoms in total. The van der Waals surface area contributed by atoms with Gasteiger partial charge in [0.2, 0.25) is 0 Å². The Balaban J connectivity index is 1.43. The second kappa shape index (κ2) is 8.15. The summed E-state index contributed by atoms with van der Waals surface area (Å²) in [4.78, 5) is 0. The van der Waals surface area contributed by atoms with Crippen LogP contribution in [0.1, 0.15) is 63.5 Å². The molecule has 2 aliphatic carbocycles. The Kier molecular flexibility index (Phi) is 5.62. The van der Waals surface area contributed by atoms with Gasteiger partial charge in [-0.15, -0.1) is 0 Å². The number of benzene rings is 2. The lowest BCUT2D eigenvalue weighted by atomic mass is 9.91. The Labute approximate surface area is 170 Å². The third-order valence-corrected chi connectivity index (χ3v) is 7.36. The van der Waals surface area contributed by atoms with E-state index < -0.39 is 0 Å². The van der Waals surface area contributed by atoms with Crippen LogP contribution < -0.4 is 0 Å². The van der Waals surface area contributed by atoms with E-state index in [1.165, 1.54) is 55.4 Å². The zero-order valence-electron chi connectivity index (χ0n) is 17.5. The molecule has 0 bridgehead atoms. The summed E-state index contributed by atoms with van der Waals surface area (Å²) in [5.41, 5.74) is 3.52. The lowest BCUT2D eigenvalue weighted by Crippen LogP contribution is -2.03. The number of hydrogen-bond donors (Lipinski definition) is 0. The van der Waals surface area contributed by atoms with E-state index in [1.807, 2.05) is 0 Å². The smallest absolute Gasteiger partial charge is 0.113 e. The molecule has 0 radical (unpaired) electrons. The topological polar surface area (TPSA) is 9.23 Å². The fourth-order valence-corrected chi connectivity index (χ4v) is 5.72. The van der Waals surface area contributed by atoms with Crippen LogP contribution in [0.3, 0.4) is 0 Å². The molecule has 2 aliphatic rings. The second-order valence-electron chi connectivity index (χ2n) is 9.05. The van der Waals surface area contributed by atoms with Crippen molar-refractivity contribution < 1.29 is 4.74 Å². The Bertz CT molecular complexity index is 794. The lowest BCUT2D eigenvalue weighted by molar-refractivity contribution is 0.180. The standard InChI is InChI=1S/C27H34O/c1-3-4-11-18-27-20-24(28-21-23-14-9-6-10-15-23)19-26(27,2)25(27)17-16-22-12-7-5-8-13-22/h5-10,12-15,20,25H,3-4,11,16-19,21H2,1-2H3/t25-,26-,27+/m1/s1. The summed E-state index contributed by atoms with van der Waals surface area (Å²) in [6.45, 7) is 5.52. The Morgan fingerprint density at radius 1 is 0.929 bits per heavy atom. The normalized spacial score (nSPS) is 27.9. The molecule has 1 saturated carbocycles. The van der Waals surface area contributed by atoms with Gasteiger partial charge < -0.3 is 4.74 Å². The van der Waals surface area contributed by atoms with E-state index in [2.05, 4.69) is 80.6 Å². The quantitative estimate of drug-likeness (QED) is 0.396. The first-order valence-corrected chi connectivity index (χ1v) is 11.1. The van der Waals surface area contributed by atoms with Crippen molar-refractivity contribution in [3.8, 4) is 0 Å². The first-order valence-electron chi connectivity index (χ1n) is 11.1. The van der Waals surface area contributed by atoms with Crippen molar-refractivity contribution in [1.29, 1.82) is 0 Å². The molecule has 0 aromatic heterocycles. The molecule has 2 aromatic rings. The van der Waals surface area contributed by atoms with Crippen LogP contribution in [-0.2, 0) is 17.8 Å². The molecule has 0 saturated heterocycles. The molecule has 0 unspecified atom stereocenters. The van der Waals surface area contributed by atoms with E-state index in [1.54, 1.807) is 0 Å². The Hall–Kier alpha value is -2.02. The summed E-state index contributed by atoms with van der Waals surface area (Å²) in [5.74, 6) is 2.04. The van der Waals surface area contributed by atoms with Crippen LogP contribution >= 0.6 is 0 Å². The molecule has 28 heavy (non-hydrogen) atoms. The average Bonchev–Trinajstić information content (AvgIpc) is 3.04. The maximum Gasteiger partial charge on any atom is 0.113 e. The highest BCUT2D eigenvalue weighted by molar-refractivity contribution is 5.36. The van der Waals surface area contributed by atoms with Gasteiger partial charge in [0.25, 0.3) is 0 Å². The van der Waals surface area contributed by atoms with Crippen molar-refractivity contribution >= 4 is 0 Å². The van der Waals surface area contributed by atoms with Gasteiger partial charge in [-0.05, 0) is 47.8 Å². The highest BCUT2D eigenvalue weighted by Gasteiger charge is 2.73. The van der Waals surface area contributed by atoms with Crippen LogP contribution in [0.25, 0.3) is 0 Å². The van der Waals surface area contributed by atoms with Crippen molar-refractivity contribution in [2.24, 2.45) is 16.7 Å². The highest BCUT2D eigenvalue weighted by Crippen LogP contribution is 2.79. The van der Waals surface area contributed by atoms with Gasteiger partial charge in [-0.2, -0.15) is 0 Å². The minimum atomic E-state index is 0.378. The monoisotopic (exact) mass is 374 g/mol. The largest absolute Gasteiger partial charge is 0.494 e. The van der Waals surface area contributed by atoms with E-state index in [4.69, 9.17) is 4.74 Å². The molecule has 4 rings (SSSR count). The maximum atomic E-state index is 6.26. The average molecular weight is 375 g/mol. The molecule has 148 valence electrons. The Morgan fingerprint density at radius 2 is 1.61 bits per heavy atom. The molecule has 0 heterocycles. The number of hydrogen-bond acceptors (Lipinski definition) is 1. The van der Waals surface area contributed by atoms with E-state index >= 15 is 0 Å². The summed E-state index contributed by atoms with van der Waals surface area (Å²) < 4.78 is 6.26. The van der Waals surface area contributed by atoms with Gasteiger partial charge in [0, 0.05) is 11.8 Å². The third-order valence-electron chi connectivity index (χ3n) is 7.36. The van der Waals surface area contributed by atoms with Gasteiger partial charge in [0.15, 0.2) is 0 Å². The van der Waals surface area contributed by atoms with Crippen molar-refractivity contribution in [3.63, 3.8) is 0 Å². The minimum Gasteiger partial charge on any atom is -0.494 e. The first kappa shape index (κ1) is 19.3. The van der Waals surface area contributed by atoms with Crippen molar-refractivity contribution in [1.82, 2.24) is 0 Å². The van der Waals surface area contributed by atoms with Crippen molar-refractivity contribution in [2.45, 2.75) is 65.4 Å². The van der Waals surface area contributed by atoms with Gasteiger partial charge in [-0.25, -0.2) is 0 Å².